The molecular weight excluding hydrogens is 202 g/mol. The molecule has 9 heavy (non-hydrogen) atoms. The average Bonchev–Trinajstić information content (AvgIpc) is 1.72. The third-order valence-electron chi connectivity index (χ3n) is 1.56. The van der Waals surface area contributed by atoms with Gasteiger partial charge >= 0.3 is 26.2 Å². The van der Waals surface area contributed by atoms with Gasteiger partial charge in [0.1, 0.15) is 0 Å². The Balaban J connectivity index is -0.000000180. The molecule has 0 rings (SSSR count). The molecule has 0 saturated heterocycles. The van der Waals surface area contributed by atoms with Crippen LogP contribution in [0.15, 0.2) is 0 Å². The molecule has 0 aliphatic heterocycles. The summed E-state index contributed by atoms with van der Waals surface area (Å²) in [7, 11) is 0. The fraction of sp³-hybridized carbons (Fsp3) is 0.714. The maximum Gasteiger partial charge on any atom is 2.00 e. The summed E-state index contributed by atoms with van der Waals surface area (Å²) in [4.78, 5) is 0. The minimum atomic E-state index is -0.282. The van der Waals surface area contributed by atoms with Crippen LogP contribution in [0.4, 0.5) is 0 Å². The van der Waals surface area contributed by atoms with Crippen LogP contribution in [0, 0.1) is 14.4 Å². The van der Waals surface area contributed by atoms with E-state index in [-0.39, 0.29) is 47.8 Å². The largest absolute Gasteiger partial charge is 2.00 e. The van der Waals surface area contributed by atoms with E-state index < -0.39 is 0 Å². The smallest absolute Gasteiger partial charge is 0.358 e. The van der Waals surface area contributed by atoms with Crippen LogP contribution in [0.25, 0.3) is 0 Å². The van der Waals surface area contributed by atoms with Crippen molar-refractivity contribution in [2.24, 2.45) is 0 Å². The van der Waals surface area contributed by atoms with Crippen molar-refractivity contribution in [1.29, 1.82) is 0 Å². The van der Waals surface area contributed by atoms with Crippen LogP contribution in [0.3, 0.4) is 0 Å². The fourth-order valence-electron chi connectivity index (χ4n) is 0.697. The first-order valence-corrected chi connectivity index (χ1v) is 5.59. The molecule has 0 unspecified atom stereocenters. The molecule has 0 aromatic heterocycles. The summed E-state index contributed by atoms with van der Waals surface area (Å²) < 4.78 is 0. The fourth-order valence-corrected chi connectivity index (χ4v) is 2.09. The van der Waals surface area contributed by atoms with E-state index in [4.69, 9.17) is 0 Å². The first kappa shape index (κ1) is 16.8. The molecule has 0 saturated carbocycles. The molecule has 2 heteroatoms. The monoisotopic (exact) mass is 218 g/mol. The minimum Gasteiger partial charge on any atom is -0.358 e. The Labute approximate surface area is 83.9 Å². The predicted octanol–water partition coefficient (Wildman–Crippen LogP) is 2.80. The Morgan fingerprint density at radius 2 is 1.56 bits per heavy atom. The zero-order chi connectivity index (χ0) is 5.70. The summed E-state index contributed by atoms with van der Waals surface area (Å²) in [5.74, 6) is 0. The molecule has 0 heterocycles. The Bertz CT molecular complexity index is 30.4. The van der Waals surface area contributed by atoms with E-state index in [2.05, 4.69) is 20.8 Å². The van der Waals surface area contributed by atoms with Crippen LogP contribution in [0.1, 0.15) is 13.8 Å². The van der Waals surface area contributed by atoms with Gasteiger partial charge in [0.2, 0.25) is 14.1 Å². The van der Waals surface area contributed by atoms with Crippen molar-refractivity contribution in [3.05, 3.63) is 14.4 Å². The van der Waals surface area contributed by atoms with Crippen LogP contribution >= 0.6 is 0 Å². The van der Waals surface area contributed by atoms with Crippen molar-refractivity contribution in [3.63, 3.8) is 0 Å². The van der Waals surface area contributed by atoms with Gasteiger partial charge in [0, 0.05) is 0 Å². The molecule has 0 amide bonds. The van der Waals surface area contributed by atoms with E-state index in [1.165, 1.54) is 15.8 Å². The molecule has 52 valence electrons. The van der Waals surface area contributed by atoms with Crippen molar-refractivity contribution in [1.82, 2.24) is 0 Å². The first-order chi connectivity index (χ1) is 3.35. The first-order valence-electron chi connectivity index (χ1n) is 3.14. The molecule has 0 spiro atoms. The maximum absolute atomic E-state index is 3.89. The second-order valence-electron chi connectivity index (χ2n) is 1.97. The number of hydrogen-bond donors (Lipinski definition) is 0. The molecule has 0 radical (unpaired) electrons. The van der Waals surface area contributed by atoms with E-state index in [9.17, 15) is 0 Å². The predicted molar refractivity (Wildman–Crippen MR) is 43.3 cm³/mol. The molecule has 0 aliphatic rings. The van der Waals surface area contributed by atoms with Crippen LogP contribution < -0.4 is 0 Å². The third-order valence-corrected chi connectivity index (χ3v) is 4.69. The molecular formula is C7H17AlZr. The van der Waals surface area contributed by atoms with Crippen molar-refractivity contribution in [3.8, 4) is 0 Å². The molecule has 0 bridgehead atoms. The molecule has 0 atom stereocenters. The maximum atomic E-state index is 3.89. The zero-order valence-electron chi connectivity index (χ0n) is 6.91. The van der Waals surface area contributed by atoms with E-state index >= 15 is 0 Å². The molecule has 0 fully saturated rings. The molecule has 0 aliphatic carbocycles. The second kappa shape index (κ2) is 12.1. The number of rotatable bonds is 3. The summed E-state index contributed by atoms with van der Waals surface area (Å²) >= 11 is -0.282. The van der Waals surface area contributed by atoms with Crippen LogP contribution in [0.5, 0.6) is 0 Å². The quantitative estimate of drug-likeness (QED) is 0.506. The van der Waals surface area contributed by atoms with Gasteiger partial charge in [-0.25, -0.2) is 5.28 Å². The van der Waals surface area contributed by atoms with Gasteiger partial charge in [-0.05, 0) is 0 Å². The minimum absolute atomic E-state index is 0. The van der Waals surface area contributed by atoms with E-state index in [0.29, 0.717) is 0 Å². The standard InChI is InChI=1S/2C2H5.C2H4.CH3.Al.Zr/c3*1-2;;;/h2*1H2,2H3;1-2H2;1H3;;/q;;2*-1;;+2. The molecule has 0 nitrogen and oxygen atoms in total. The number of hydrogen-bond acceptors (Lipinski definition) is 0. The third kappa shape index (κ3) is 9.42. The summed E-state index contributed by atoms with van der Waals surface area (Å²) in [6, 6.07) is 0. The Hall–Kier alpha value is 1.42. The van der Waals surface area contributed by atoms with E-state index in [1.807, 2.05) is 0 Å². The van der Waals surface area contributed by atoms with Gasteiger partial charge in [0.25, 0.3) is 0 Å². The Morgan fingerprint density at radius 1 is 1.22 bits per heavy atom. The van der Waals surface area contributed by atoms with Gasteiger partial charge in [-0.15, -0.1) is 0 Å². The van der Waals surface area contributed by atoms with Gasteiger partial charge in [0.05, 0.1) is 0 Å². The summed E-state index contributed by atoms with van der Waals surface area (Å²) in [6.07, 6.45) is 0. The summed E-state index contributed by atoms with van der Waals surface area (Å²) in [6.45, 7) is 8.46. The molecule has 0 aromatic rings. The second-order valence-corrected chi connectivity index (χ2v) is 5.91. The Kier molecular flexibility index (Phi) is 22.6. The SMILES string of the molecule is [CH2-][CH2][Al]([CH2]C)[CH2]C.[CH3-].[Zr+2]. The van der Waals surface area contributed by atoms with Gasteiger partial charge in [0.15, 0.2) is 0 Å². The summed E-state index contributed by atoms with van der Waals surface area (Å²) in [5.41, 5.74) is 0. The van der Waals surface area contributed by atoms with Crippen LogP contribution in [-0.2, 0) is 26.2 Å². The molecule has 0 N–H and O–H groups in total. The van der Waals surface area contributed by atoms with E-state index in [0.717, 1.165) is 0 Å². The van der Waals surface area contributed by atoms with Crippen molar-refractivity contribution >= 4 is 14.1 Å². The average molecular weight is 219 g/mol. The Morgan fingerprint density at radius 3 is 1.56 bits per heavy atom. The van der Waals surface area contributed by atoms with Crippen molar-refractivity contribution in [2.75, 3.05) is 0 Å². The normalized spacial score (nSPS) is 7.00. The van der Waals surface area contributed by atoms with Gasteiger partial charge < -0.3 is 14.4 Å². The van der Waals surface area contributed by atoms with Gasteiger partial charge in [-0.2, -0.15) is 0 Å². The van der Waals surface area contributed by atoms with Gasteiger partial charge in [-0.1, -0.05) is 24.4 Å². The van der Waals surface area contributed by atoms with Crippen LogP contribution in [0.2, 0.25) is 15.8 Å². The van der Waals surface area contributed by atoms with E-state index in [1.54, 1.807) is 0 Å². The van der Waals surface area contributed by atoms with Crippen LogP contribution in [-0.4, -0.2) is 14.1 Å². The topological polar surface area (TPSA) is 0 Å². The summed E-state index contributed by atoms with van der Waals surface area (Å²) in [5, 5.41) is 4.10. The zero-order valence-corrected chi connectivity index (χ0v) is 10.5. The molecule has 0 aromatic carbocycles. The van der Waals surface area contributed by atoms with Gasteiger partial charge in [-0.3, -0.25) is 0 Å². The van der Waals surface area contributed by atoms with Crippen molar-refractivity contribution < 1.29 is 26.2 Å². The van der Waals surface area contributed by atoms with Crippen molar-refractivity contribution in [2.45, 2.75) is 29.7 Å².